The molecule has 1 aliphatic heterocycles. The number of nitrogens with two attached hydrogens (primary N) is 1. The number of nitrogens with zero attached hydrogens (tertiary/aromatic N) is 2. The van der Waals surface area contributed by atoms with Crippen molar-refractivity contribution in [1.29, 1.82) is 0 Å². The lowest BCUT2D eigenvalue weighted by molar-refractivity contribution is 0.292. The van der Waals surface area contributed by atoms with E-state index < -0.39 is 0 Å². The van der Waals surface area contributed by atoms with Crippen LogP contribution in [0.25, 0.3) is 0 Å². The van der Waals surface area contributed by atoms with E-state index in [1.807, 2.05) is 0 Å². The van der Waals surface area contributed by atoms with Gasteiger partial charge in [0, 0.05) is 17.8 Å². The third kappa shape index (κ3) is 3.87. The van der Waals surface area contributed by atoms with Crippen molar-refractivity contribution in [2.45, 2.75) is 19.9 Å². The van der Waals surface area contributed by atoms with E-state index in [4.69, 9.17) is 24.7 Å². The summed E-state index contributed by atoms with van der Waals surface area (Å²) in [4.78, 5) is 9.73. The summed E-state index contributed by atoms with van der Waals surface area (Å²) in [6.45, 7) is 4.81. The second-order valence-electron chi connectivity index (χ2n) is 6.33. The summed E-state index contributed by atoms with van der Waals surface area (Å²) in [5, 5.41) is 3.85. The number of ether oxygens (including phenoxy) is 4. The lowest BCUT2D eigenvalue weighted by atomic mass is 10.1. The normalized spacial score (nSPS) is 16.1. The van der Waals surface area contributed by atoms with Crippen LogP contribution < -0.4 is 25.3 Å². The van der Waals surface area contributed by atoms with Gasteiger partial charge in [-0.3, -0.25) is 0 Å². The van der Waals surface area contributed by atoms with E-state index in [9.17, 15) is 0 Å². The summed E-state index contributed by atoms with van der Waals surface area (Å²) in [7, 11) is 4.70. The number of methoxy groups -OCH3 is 3. The molecule has 0 bridgehead atoms. The fourth-order valence-electron chi connectivity index (χ4n) is 2.67. The number of nitrogens with one attached hydrogen (secondary N) is 1. The molecule has 0 fully saturated rings. The predicted molar refractivity (Wildman–Crippen MR) is 107 cm³/mol. The highest BCUT2D eigenvalue weighted by Gasteiger charge is 2.26. The van der Waals surface area contributed by atoms with Gasteiger partial charge in [-0.1, -0.05) is 25.2 Å². The van der Waals surface area contributed by atoms with E-state index in [-0.39, 0.29) is 6.04 Å². The second kappa shape index (κ2) is 7.91. The standard InChI is InChI=1S/C18H24N4O4S/c1-9(2)11-8-26-17(21-11)15-16(19)22-18(27-15)20-10-6-12(23-3)14(25-5)13(7-10)24-4/h6-7,9,11H,8,19H2,1-5H3,(H,20,22)/t11-/m0/s1. The Balaban J connectivity index is 1.86. The molecular formula is C18H24N4O4S. The third-order valence-corrected chi connectivity index (χ3v) is 5.18. The van der Waals surface area contributed by atoms with E-state index in [2.05, 4.69) is 29.1 Å². The fraction of sp³-hybridized carbons (Fsp3) is 0.444. The van der Waals surface area contributed by atoms with E-state index in [1.54, 1.807) is 33.5 Å². The van der Waals surface area contributed by atoms with Crippen molar-refractivity contribution in [3.8, 4) is 17.2 Å². The Morgan fingerprint density at radius 2 is 1.85 bits per heavy atom. The highest BCUT2D eigenvalue weighted by Crippen LogP contribution is 2.41. The predicted octanol–water partition coefficient (Wildman–Crippen LogP) is 3.30. The molecule has 1 aromatic carbocycles. The zero-order valence-corrected chi connectivity index (χ0v) is 16.8. The van der Waals surface area contributed by atoms with Crippen LogP contribution in [-0.2, 0) is 4.74 Å². The van der Waals surface area contributed by atoms with Gasteiger partial charge in [0.25, 0.3) is 0 Å². The summed E-state index contributed by atoms with van der Waals surface area (Å²) in [5.74, 6) is 2.98. The van der Waals surface area contributed by atoms with Gasteiger partial charge in [0.15, 0.2) is 16.6 Å². The van der Waals surface area contributed by atoms with Crippen LogP contribution in [0.4, 0.5) is 16.6 Å². The first-order valence-electron chi connectivity index (χ1n) is 8.51. The van der Waals surface area contributed by atoms with E-state index >= 15 is 0 Å². The molecule has 1 atom stereocenters. The van der Waals surface area contributed by atoms with Gasteiger partial charge in [-0.25, -0.2) is 9.98 Å². The maximum atomic E-state index is 6.08. The van der Waals surface area contributed by atoms with Crippen LogP contribution in [-0.4, -0.2) is 44.9 Å². The van der Waals surface area contributed by atoms with Gasteiger partial charge >= 0.3 is 0 Å². The zero-order chi connectivity index (χ0) is 19.6. The summed E-state index contributed by atoms with van der Waals surface area (Å²) >= 11 is 1.39. The lowest BCUT2D eigenvalue weighted by Gasteiger charge is -2.14. The van der Waals surface area contributed by atoms with Gasteiger partial charge in [0.05, 0.1) is 27.4 Å². The summed E-state index contributed by atoms with van der Waals surface area (Å²) in [5.41, 5.74) is 6.82. The Hall–Kier alpha value is -2.68. The number of benzene rings is 1. The lowest BCUT2D eigenvalue weighted by Crippen LogP contribution is -2.13. The van der Waals surface area contributed by atoms with Crippen LogP contribution in [0, 0.1) is 5.92 Å². The van der Waals surface area contributed by atoms with Crippen LogP contribution in [0.15, 0.2) is 17.1 Å². The summed E-state index contributed by atoms with van der Waals surface area (Å²) in [6.07, 6.45) is 0. The molecule has 0 spiro atoms. The first-order valence-corrected chi connectivity index (χ1v) is 9.32. The molecule has 3 rings (SSSR count). The van der Waals surface area contributed by atoms with E-state index in [0.29, 0.717) is 46.6 Å². The number of hydrogen-bond acceptors (Lipinski definition) is 9. The Bertz CT molecular complexity index is 825. The molecule has 2 aromatic rings. The summed E-state index contributed by atoms with van der Waals surface area (Å²) < 4.78 is 21.8. The van der Waals surface area contributed by atoms with Crippen molar-refractivity contribution >= 4 is 33.9 Å². The number of hydrogen-bond donors (Lipinski definition) is 2. The van der Waals surface area contributed by atoms with Gasteiger partial charge in [-0.15, -0.1) is 0 Å². The van der Waals surface area contributed by atoms with Crippen LogP contribution in [0.5, 0.6) is 17.2 Å². The average molecular weight is 392 g/mol. The Kier molecular flexibility index (Phi) is 5.59. The third-order valence-electron chi connectivity index (χ3n) is 4.21. The molecule has 0 radical (unpaired) electrons. The van der Waals surface area contributed by atoms with Gasteiger partial charge in [-0.05, 0) is 5.92 Å². The van der Waals surface area contributed by atoms with Crippen molar-refractivity contribution in [2.75, 3.05) is 39.0 Å². The molecule has 0 aliphatic carbocycles. The van der Waals surface area contributed by atoms with Crippen LogP contribution in [0.1, 0.15) is 18.7 Å². The maximum Gasteiger partial charge on any atom is 0.230 e. The number of rotatable bonds is 7. The Morgan fingerprint density at radius 1 is 1.19 bits per heavy atom. The number of aromatic nitrogens is 1. The maximum absolute atomic E-state index is 6.08. The largest absolute Gasteiger partial charge is 0.493 e. The molecule has 0 saturated carbocycles. The highest BCUT2D eigenvalue weighted by molar-refractivity contribution is 7.18. The monoisotopic (exact) mass is 392 g/mol. The minimum atomic E-state index is 0.146. The van der Waals surface area contributed by atoms with Gasteiger partial charge in [0.2, 0.25) is 11.6 Å². The second-order valence-corrected chi connectivity index (χ2v) is 7.33. The number of thiazole rings is 1. The molecule has 8 nitrogen and oxygen atoms in total. The highest BCUT2D eigenvalue weighted by atomic mass is 32.1. The van der Waals surface area contributed by atoms with Crippen molar-refractivity contribution in [1.82, 2.24) is 4.98 Å². The Labute approximate surface area is 162 Å². The smallest absolute Gasteiger partial charge is 0.230 e. The van der Waals surface area contributed by atoms with Gasteiger partial charge in [0.1, 0.15) is 17.3 Å². The number of nitrogen functional groups attached to an aromatic ring is 1. The van der Waals surface area contributed by atoms with Crippen molar-refractivity contribution in [2.24, 2.45) is 10.9 Å². The molecule has 0 saturated heterocycles. The van der Waals surface area contributed by atoms with Crippen molar-refractivity contribution in [3.05, 3.63) is 17.0 Å². The topological polar surface area (TPSA) is 100 Å². The first-order chi connectivity index (χ1) is 13.0. The van der Waals surface area contributed by atoms with Crippen LogP contribution in [0.2, 0.25) is 0 Å². The van der Waals surface area contributed by atoms with Crippen LogP contribution >= 0.6 is 11.3 Å². The molecule has 0 unspecified atom stereocenters. The molecule has 3 N–H and O–H groups in total. The fourth-order valence-corrected chi connectivity index (χ4v) is 3.53. The quantitative estimate of drug-likeness (QED) is 0.746. The molecule has 9 heteroatoms. The SMILES string of the molecule is COc1cc(Nc2nc(N)c(C3=N[C@H](C(C)C)CO3)s2)cc(OC)c1OC. The van der Waals surface area contributed by atoms with E-state index in [0.717, 1.165) is 10.6 Å². The van der Waals surface area contributed by atoms with Crippen molar-refractivity contribution < 1.29 is 18.9 Å². The van der Waals surface area contributed by atoms with Crippen molar-refractivity contribution in [3.63, 3.8) is 0 Å². The van der Waals surface area contributed by atoms with Gasteiger partial charge in [-0.2, -0.15) is 0 Å². The minimum Gasteiger partial charge on any atom is -0.493 e. The molecule has 1 aromatic heterocycles. The first kappa shape index (κ1) is 19.1. The molecule has 2 heterocycles. The molecule has 146 valence electrons. The van der Waals surface area contributed by atoms with E-state index in [1.165, 1.54) is 11.3 Å². The summed E-state index contributed by atoms with van der Waals surface area (Å²) in [6, 6.07) is 3.75. The minimum absolute atomic E-state index is 0.146. The Morgan fingerprint density at radius 3 is 2.37 bits per heavy atom. The average Bonchev–Trinajstić information content (AvgIpc) is 3.27. The van der Waals surface area contributed by atoms with Gasteiger partial charge < -0.3 is 30.0 Å². The molecular weight excluding hydrogens is 368 g/mol. The molecule has 1 aliphatic rings. The number of aliphatic imine (C=N–C) groups is 1. The molecule has 27 heavy (non-hydrogen) atoms. The van der Waals surface area contributed by atoms with Crippen LogP contribution in [0.3, 0.4) is 0 Å². The zero-order valence-electron chi connectivity index (χ0n) is 16.0. The number of anilines is 3. The molecule has 0 amide bonds.